The van der Waals surface area contributed by atoms with Gasteiger partial charge in [-0.1, -0.05) is 76.2 Å². The molecule has 4 atom stereocenters. The Hall–Kier alpha value is -4.24. The van der Waals surface area contributed by atoms with Gasteiger partial charge in [-0.2, -0.15) is 0 Å². The van der Waals surface area contributed by atoms with Crippen LogP contribution in [0.4, 0.5) is 0 Å². The molecular weight excluding hydrogens is 688 g/mol. The van der Waals surface area contributed by atoms with Gasteiger partial charge in [-0.05, 0) is 84.9 Å². The van der Waals surface area contributed by atoms with Crippen molar-refractivity contribution in [3.63, 3.8) is 0 Å². The van der Waals surface area contributed by atoms with E-state index in [2.05, 4.69) is 98.5 Å². The normalized spacial score (nSPS) is 17.1. The molecule has 2 saturated heterocycles. The highest BCUT2D eigenvalue weighted by Crippen LogP contribution is 2.35. The molecule has 0 radical (unpaired) electrons. The van der Waals surface area contributed by atoms with E-state index >= 15 is 0 Å². The molecule has 6 rings (SSSR count). The average molecular weight is 747 g/mol. The highest BCUT2D eigenvalue weighted by atomic mass is 16.8. The smallest absolute Gasteiger partial charge is 0.223 e. The average Bonchev–Trinajstić information content (AvgIpc) is 4.14. The summed E-state index contributed by atoms with van der Waals surface area (Å²) in [6, 6.07) is 32.4. The number of hydrogen-bond acceptors (Lipinski definition) is 12. The summed E-state index contributed by atoms with van der Waals surface area (Å²) < 4.78 is 32.7. The second-order valence-electron chi connectivity index (χ2n) is 14.2. The first-order valence-corrected chi connectivity index (χ1v) is 18.2. The molecule has 0 bridgehead atoms. The zero-order chi connectivity index (χ0) is 39.1. The highest BCUT2D eigenvalue weighted by Gasteiger charge is 2.28. The Morgan fingerprint density at radius 3 is 1.06 bits per heavy atom. The van der Waals surface area contributed by atoms with E-state index in [-0.39, 0.29) is 36.6 Å². The monoisotopic (exact) mass is 746 g/mol. The number of ether oxygens (including phenoxy) is 6. The molecule has 4 unspecified atom stereocenters. The summed E-state index contributed by atoms with van der Waals surface area (Å²) in [6.07, 6.45) is -1.18. The molecule has 2 fully saturated rings. The molecule has 54 heavy (non-hydrogen) atoms. The first kappa shape index (κ1) is 42.5. The van der Waals surface area contributed by atoms with Crippen LogP contribution >= 0.6 is 0 Å². The Morgan fingerprint density at radius 2 is 0.815 bits per heavy atom. The van der Waals surface area contributed by atoms with Crippen molar-refractivity contribution in [1.29, 1.82) is 0 Å². The lowest BCUT2D eigenvalue weighted by Gasteiger charge is -2.26. The first-order valence-electron chi connectivity index (χ1n) is 18.2. The largest absolute Gasteiger partial charge is 0.491 e. The van der Waals surface area contributed by atoms with Gasteiger partial charge in [0, 0.05) is 23.9 Å². The zero-order valence-corrected chi connectivity index (χ0v) is 32.3. The van der Waals surface area contributed by atoms with Gasteiger partial charge in [0.15, 0.2) is 0 Å². The summed E-state index contributed by atoms with van der Waals surface area (Å²) in [7, 11) is 3.60. The van der Waals surface area contributed by atoms with Crippen molar-refractivity contribution in [1.82, 2.24) is 10.6 Å². The van der Waals surface area contributed by atoms with Crippen LogP contribution in [0.25, 0.3) is 0 Å². The van der Waals surface area contributed by atoms with Crippen molar-refractivity contribution in [2.45, 2.75) is 63.3 Å². The second-order valence-corrected chi connectivity index (χ2v) is 14.2. The Labute approximate surface area is 319 Å². The van der Waals surface area contributed by atoms with Gasteiger partial charge >= 0.3 is 0 Å². The van der Waals surface area contributed by atoms with E-state index < -0.39 is 12.2 Å². The lowest BCUT2D eigenvalue weighted by molar-refractivity contribution is 0.108. The van der Waals surface area contributed by atoms with Crippen LogP contribution in [-0.4, -0.2) is 88.6 Å². The number of rotatable bonds is 18. The van der Waals surface area contributed by atoms with E-state index in [4.69, 9.17) is 28.4 Å². The summed E-state index contributed by atoms with van der Waals surface area (Å²) >= 11 is 0. The molecule has 0 aliphatic carbocycles. The molecule has 4 aromatic rings. The minimum Gasteiger partial charge on any atom is -0.491 e. The molecule has 0 saturated carbocycles. The van der Waals surface area contributed by atoms with Gasteiger partial charge in [0.25, 0.3) is 0 Å². The van der Waals surface area contributed by atoms with Crippen LogP contribution in [0.1, 0.15) is 49.9 Å². The minimum atomic E-state index is -0.531. The number of nitrogens with two attached hydrogens (primary N) is 2. The topological polar surface area (TPSA) is 179 Å². The Kier molecular flexibility index (Phi) is 16.1. The van der Waals surface area contributed by atoms with E-state index in [9.17, 15) is 10.2 Å². The maximum atomic E-state index is 9.75. The van der Waals surface area contributed by atoms with Gasteiger partial charge in [-0.25, -0.2) is 0 Å². The molecule has 294 valence electrons. The molecule has 2 aliphatic rings. The molecule has 8 N–H and O–H groups in total. The fraction of sp³-hybridized carbons (Fsp3) is 0.429. The van der Waals surface area contributed by atoms with E-state index in [1.54, 1.807) is 14.1 Å². The molecule has 0 aromatic heterocycles. The van der Waals surface area contributed by atoms with Gasteiger partial charge < -0.3 is 49.3 Å². The summed E-state index contributed by atoms with van der Waals surface area (Å²) in [4.78, 5) is 0. The lowest BCUT2D eigenvalue weighted by atomic mass is 9.78. The molecule has 12 heteroatoms. The van der Waals surface area contributed by atoms with Crippen molar-refractivity contribution in [2.24, 2.45) is 11.7 Å². The summed E-state index contributed by atoms with van der Waals surface area (Å²) in [5, 5.41) is 25.3. The molecule has 0 amide bonds. The van der Waals surface area contributed by atoms with Gasteiger partial charge in [0.1, 0.15) is 61.6 Å². The van der Waals surface area contributed by atoms with E-state index in [1.807, 2.05) is 48.5 Å². The summed E-state index contributed by atoms with van der Waals surface area (Å²) in [5.74, 6) is 11.2. The van der Waals surface area contributed by atoms with Crippen molar-refractivity contribution >= 4 is 0 Å². The third-order valence-electron chi connectivity index (χ3n) is 9.21. The van der Waals surface area contributed by atoms with Crippen molar-refractivity contribution in [3.05, 3.63) is 119 Å². The zero-order valence-electron chi connectivity index (χ0n) is 32.3. The number of likely N-dealkylation sites (N-methyl/N-ethyl adjacent to an activating group) is 2. The number of epoxide rings is 2. The number of hydrogen-bond donors (Lipinski definition) is 6. The fourth-order valence-corrected chi connectivity index (χ4v) is 5.66. The molecule has 4 aromatic carbocycles. The van der Waals surface area contributed by atoms with E-state index in [1.165, 1.54) is 22.3 Å². The third-order valence-corrected chi connectivity index (χ3v) is 9.21. The number of hydrazine groups is 1. The van der Waals surface area contributed by atoms with Crippen molar-refractivity contribution < 1.29 is 38.6 Å². The fourth-order valence-electron chi connectivity index (χ4n) is 5.66. The van der Waals surface area contributed by atoms with Gasteiger partial charge in [-0.15, -0.1) is 0 Å². The van der Waals surface area contributed by atoms with Crippen LogP contribution in [0.2, 0.25) is 0 Å². The van der Waals surface area contributed by atoms with Gasteiger partial charge in [0.2, 0.25) is 12.6 Å². The Bertz CT molecular complexity index is 1520. The maximum absolute atomic E-state index is 9.75. The van der Waals surface area contributed by atoms with Crippen LogP contribution in [0.3, 0.4) is 0 Å². The predicted octanol–water partition coefficient (Wildman–Crippen LogP) is 4.23. The maximum Gasteiger partial charge on any atom is 0.223 e. The molecule has 2 aliphatic heterocycles. The summed E-state index contributed by atoms with van der Waals surface area (Å²) in [6.45, 7) is 11.7. The predicted molar refractivity (Wildman–Crippen MR) is 210 cm³/mol. The van der Waals surface area contributed by atoms with E-state index in [0.29, 0.717) is 26.3 Å². The number of aliphatic hydroxyl groups is 2. The van der Waals surface area contributed by atoms with Crippen molar-refractivity contribution in [2.75, 3.05) is 53.6 Å². The number of aliphatic hydroxyl groups excluding tert-OH is 2. The van der Waals surface area contributed by atoms with Crippen LogP contribution in [0.5, 0.6) is 23.0 Å². The first-order chi connectivity index (χ1) is 26.0. The van der Waals surface area contributed by atoms with E-state index in [0.717, 1.165) is 23.0 Å². The van der Waals surface area contributed by atoms with Crippen LogP contribution in [-0.2, 0) is 20.3 Å². The van der Waals surface area contributed by atoms with Crippen LogP contribution in [0, 0.1) is 0 Å². The molecular formula is C42H58N4O8. The summed E-state index contributed by atoms with van der Waals surface area (Å²) in [5.41, 5.74) is 4.52. The Balaban J connectivity index is 0.000000235. The molecule has 0 spiro atoms. The minimum absolute atomic E-state index is 0.0585. The standard InChI is InChI=1S/C23H34N2O4.C19H20O4.H4N2/c1-23(2,17-5-9-21(10-6-17)28-15-19(26)13-24-3)18-7-11-22(12-8-18)29-16-20(27)14-25-4;1-19(2,13-3-7-15(8-4-13)22-17-11-20-17)14-5-9-16(10-6-14)23-18-12-21-18;1-2/h5-12,19-20,24-27H,13-16H2,1-4H3;3-10,17-18H,11-12H2,1-2H3;1-2H2. The number of nitrogens with one attached hydrogen (secondary N) is 2. The van der Waals surface area contributed by atoms with Gasteiger partial charge in [-0.3, -0.25) is 11.7 Å². The third kappa shape index (κ3) is 13.0. The van der Waals surface area contributed by atoms with Crippen LogP contribution in [0.15, 0.2) is 97.1 Å². The molecule has 12 nitrogen and oxygen atoms in total. The Morgan fingerprint density at radius 1 is 0.556 bits per heavy atom. The second kappa shape index (κ2) is 20.4. The molecule has 2 heterocycles. The van der Waals surface area contributed by atoms with Crippen LogP contribution < -0.4 is 41.3 Å². The van der Waals surface area contributed by atoms with Crippen molar-refractivity contribution in [3.8, 4) is 23.0 Å². The SMILES string of the molecule is CC(C)(c1ccc(OC2CO2)cc1)c1ccc(OC2CO2)cc1.CNCC(O)COc1ccc(C(C)(C)c2ccc(OCC(O)CNC)cc2)cc1.NN. The highest BCUT2D eigenvalue weighted by molar-refractivity contribution is 5.43. The van der Waals surface area contributed by atoms with Gasteiger partial charge in [0.05, 0.1) is 0 Å². The lowest BCUT2D eigenvalue weighted by Crippen LogP contribution is -2.29. The number of benzene rings is 4. The quantitative estimate of drug-likeness (QED) is 0.0486.